The smallest absolute Gasteiger partial charge is 0.317 e. The maximum atomic E-state index is 13.1. The number of hydrogen-bond acceptors (Lipinski definition) is 4. The third-order valence-electron chi connectivity index (χ3n) is 5.28. The van der Waals surface area contributed by atoms with Gasteiger partial charge in [0.15, 0.2) is 0 Å². The molecule has 1 aliphatic rings. The molecule has 6 nitrogen and oxygen atoms in total. The van der Waals surface area contributed by atoms with E-state index in [2.05, 4.69) is 10.2 Å². The number of nitrogens with one attached hydrogen (secondary N) is 1. The molecule has 1 unspecified atom stereocenters. The number of likely N-dealkylation sites (N-methyl/N-ethyl adjacent to an activating group) is 1. The van der Waals surface area contributed by atoms with Crippen LogP contribution in [0.1, 0.15) is 24.4 Å². The van der Waals surface area contributed by atoms with Crippen molar-refractivity contribution < 1.29 is 14.7 Å². The van der Waals surface area contributed by atoms with Crippen LogP contribution in [0.2, 0.25) is 0 Å². The summed E-state index contributed by atoms with van der Waals surface area (Å²) in [4.78, 5) is 28.2. The lowest BCUT2D eigenvalue weighted by atomic mass is 9.97. The van der Waals surface area contributed by atoms with Crippen LogP contribution in [0.15, 0.2) is 60.7 Å². The summed E-state index contributed by atoms with van der Waals surface area (Å²) in [5, 5.41) is 12.0. The first-order valence-electron chi connectivity index (χ1n) is 9.61. The number of carbonyl (C=O) groups excluding carboxylic acids is 1. The number of amides is 1. The summed E-state index contributed by atoms with van der Waals surface area (Å²) in [5.41, 5.74) is 1.75. The number of para-hydroxylation sites is 1. The second-order valence-electron chi connectivity index (χ2n) is 7.24. The standard InChI is InChI=1S/C22H27N3O3.ClH/c1-24(16-20(26)27)19-12-14-25(15-13-19)21(17-8-4-2-5-9-17)22(28)23-18-10-6-3-7-11-18;/h2-11,19,21H,12-16H2,1H3,(H,23,28)(H,26,27);1H. The molecule has 0 bridgehead atoms. The number of anilines is 1. The topological polar surface area (TPSA) is 72.9 Å². The Morgan fingerprint density at radius 2 is 1.62 bits per heavy atom. The summed E-state index contributed by atoms with van der Waals surface area (Å²) >= 11 is 0. The number of halogens is 1. The Bertz CT molecular complexity index is 780. The van der Waals surface area contributed by atoms with E-state index in [0.717, 1.165) is 37.2 Å². The molecule has 0 aromatic heterocycles. The number of carboxylic acids is 1. The molecular weight excluding hydrogens is 390 g/mol. The monoisotopic (exact) mass is 417 g/mol. The molecule has 1 heterocycles. The minimum Gasteiger partial charge on any atom is -0.480 e. The number of benzene rings is 2. The Kier molecular flexibility index (Phi) is 8.64. The van der Waals surface area contributed by atoms with Crippen LogP contribution in [-0.4, -0.2) is 59.5 Å². The van der Waals surface area contributed by atoms with Gasteiger partial charge in [0.05, 0.1) is 6.54 Å². The van der Waals surface area contributed by atoms with Crippen LogP contribution in [0.4, 0.5) is 5.69 Å². The van der Waals surface area contributed by atoms with Crippen LogP contribution in [0.25, 0.3) is 0 Å². The Hall–Kier alpha value is -2.41. The number of rotatable bonds is 7. The molecule has 0 radical (unpaired) electrons. The zero-order chi connectivity index (χ0) is 19.9. The highest BCUT2D eigenvalue weighted by atomic mass is 35.5. The van der Waals surface area contributed by atoms with Crippen molar-refractivity contribution in [2.45, 2.75) is 24.9 Å². The lowest BCUT2D eigenvalue weighted by Crippen LogP contribution is -2.48. The summed E-state index contributed by atoms with van der Waals surface area (Å²) in [5.74, 6) is -0.857. The molecule has 1 amide bonds. The van der Waals surface area contributed by atoms with Crippen LogP contribution >= 0.6 is 12.4 Å². The second kappa shape index (κ2) is 11.0. The van der Waals surface area contributed by atoms with Crippen LogP contribution in [0.5, 0.6) is 0 Å². The minimum atomic E-state index is -0.811. The Morgan fingerprint density at radius 3 is 2.17 bits per heavy atom. The van der Waals surface area contributed by atoms with Gasteiger partial charge in [0.1, 0.15) is 6.04 Å². The first-order chi connectivity index (χ1) is 13.5. The molecule has 29 heavy (non-hydrogen) atoms. The number of carbonyl (C=O) groups is 2. The molecule has 1 aliphatic heterocycles. The molecule has 2 aromatic rings. The highest BCUT2D eigenvalue weighted by Gasteiger charge is 2.32. The van der Waals surface area contributed by atoms with Gasteiger partial charge in [-0.1, -0.05) is 48.5 Å². The highest BCUT2D eigenvalue weighted by molar-refractivity contribution is 5.95. The van der Waals surface area contributed by atoms with Crippen LogP contribution in [-0.2, 0) is 9.59 Å². The average molecular weight is 418 g/mol. The highest BCUT2D eigenvalue weighted by Crippen LogP contribution is 2.27. The lowest BCUT2D eigenvalue weighted by molar-refractivity contribution is -0.138. The van der Waals surface area contributed by atoms with Crippen LogP contribution in [0.3, 0.4) is 0 Å². The third-order valence-corrected chi connectivity index (χ3v) is 5.28. The predicted molar refractivity (Wildman–Crippen MR) is 116 cm³/mol. The maximum absolute atomic E-state index is 13.1. The summed E-state index contributed by atoms with van der Waals surface area (Å²) in [6, 6.07) is 19.2. The Balaban J connectivity index is 0.00000300. The first kappa shape index (κ1) is 22.9. The largest absolute Gasteiger partial charge is 0.480 e. The zero-order valence-corrected chi connectivity index (χ0v) is 17.3. The normalized spacial score (nSPS) is 16.1. The molecule has 0 saturated carbocycles. The van der Waals surface area contributed by atoms with Crippen molar-refractivity contribution in [2.75, 3.05) is 32.0 Å². The molecule has 156 valence electrons. The molecule has 7 heteroatoms. The van der Waals surface area contributed by atoms with Crippen LogP contribution < -0.4 is 5.32 Å². The van der Waals surface area contributed by atoms with Gasteiger partial charge >= 0.3 is 5.97 Å². The van der Waals surface area contributed by atoms with Gasteiger partial charge in [-0.05, 0) is 37.6 Å². The van der Waals surface area contributed by atoms with E-state index >= 15 is 0 Å². The maximum Gasteiger partial charge on any atom is 0.317 e. The number of piperidine rings is 1. The number of aliphatic carboxylic acids is 1. The van der Waals surface area contributed by atoms with Gasteiger partial charge in [-0.2, -0.15) is 0 Å². The number of likely N-dealkylation sites (tertiary alicyclic amines) is 1. The summed E-state index contributed by atoms with van der Waals surface area (Å²) < 4.78 is 0. The fourth-order valence-corrected chi connectivity index (χ4v) is 3.82. The van der Waals surface area contributed by atoms with Crippen molar-refractivity contribution in [3.63, 3.8) is 0 Å². The molecule has 2 N–H and O–H groups in total. The van der Waals surface area contributed by atoms with Crippen molar-refractivity contribution in [3.05, 3.63) is 66.2 Å². The van der Waals surface area contributed by atoms with E-state index in [4.69, 9.17) is 5.11 Å². The summed E-state index contributed by atoms with van der Waals surface area (Å²) in [7, 11) is 1.85. The molecule has 1 saturated heterocycles. The average Bonchev–Trinajstić information content (AvgIpc) is 2.70. The lowest BCUT2D eigenvalue weighted by Gasteiger charge is -2.39. The van der Waals surface area contributed by atoms with Crippen molar-refractivity contribution in [1.29, 1.82) is 0 Å². The van der Waals surface area contributed by atoms with Gasteiger partial charge in [0, 0.05) is 24.8 Å². The van der Waals surface area contributed by atoms with Gasteiger partial charge < -0.3 is 10.4 Å². The van der Waals surface area contributed by atoms with Gasteiger partial charge in [0.2, 0.25) is 5.91 Å². The number of nitrogens with zero attached hydrogens (tertiary/aromatic N) is 2. The second-order valence-corrected chi connectivity index (χ2v) is 7.24. The molecule has 0 aliphatic carbocycles. The van der Waals surface area contributed by atoms with E-state index in [0.29, 0.717) is 0 Å². The summed E-state index contributed by atoms with van der Waals surface area (Å²) in [6.45, 7) is 1.54. The zero-order valence-electron chi connectivity index (χ0n) is 16.5. The van der Waals surface area contributed by atoms with Crippen molar-refractivity contribution in [2.24, 2.45) is 0 Å². The van der Waals surface area contributed by atoms with Crippen molar-refractivity contribution >= 4 is 30.0 Å². The van der Waals surface area contributed by atoms with E-state index < -0.39 is 5.97 Å². The SMILES string of the molecule is CN(CC(=O)O)C1CCN(C(C(=O)Nc2ccccc2)c2ccccc2)CC1.Cl. The van der Waals surface area contributed by atoms with E-state index in [1.54, 1.807) is 0 Å². The van der Waals surface area contributed by atoms with Gasteiger partial charge in [-0.3, -0.25) is 19.4 Å². The van der Waals surface area contributed by atoms with E-state index in [1.165, 1.54) is 0 Å². The molecule has 1 fully saturated rings. The molecule has 3 rings (SSSR count). The fourth-order valence-electron chi connectivity index (χ4n) is 3.82. The van der Waals surface area contributed by atoms with Crippen molar-refractivity contribution in [3.8, 4) is 0 Å². The Morgan fingerprint density at radius 1 is 1.07 bits per heavy atom. The number of hydrogen-bond donors (Lipinski definition) is 2. The van der Waals surface area contributed by atoms with Gasteiger partial charge in [-0.25, -0.2) is 0 Å². The molecule has 0 spiro atoms. The minimum absolute atomic E-state index is 0. The number of carboxylic acid groups (broad SMARTS) is 1. The first-order valence-corrected chi connectivity index (χ1v) is 9.61. The van der Waals surface area contributed by atoms with E-state index in [1.807, 2.05) is 72.6 Å². The van der Waals surface area contributed by atoms with E-state index in [9.17, 15) is 9.59 Å². The third kappa shape index (κ3) is 6.29. The van der Waals surface area contributed by atoms with Crippen LogP contribution in [0, 0.1) is 0 Å². The summed E-state index contributed by atoms with van der Waals surface area (Å²) in [6.07, 6.45) is 1.68. The van der Waals surface area contributed by atoms with Gasteiger partial charge in [0.25, 0.3) is 0 Å². The van der Waals surface area contributed by atoms with E-state index in [-0.39, 0.29) is 36.9 Å². The van der Waals surface area contributed by atoms with Crippen molar-refractivity contribution in [1.82, 2.24) is 9.80 Å². The quantitative estimate of drug-likeness (QED) is 0.723. The molecule has 2 aromatic carbocycles. The van der Waals surface area contributed by atoms with Gasteiger partial charge in [-0.15, -0.1) is 12.4 Å². The fraction of sp³-hybridized carbons (Fsp3) is 0.364. The Labute approximate surface area is 177 Å². The predicted octanol–water partition coefficient (Wildman–Crippen LogP) is 3.27. The molecule has 1 atom stereocenters. The molecular formula is C22H28ClN3O3.